The van der Waals surface area contributed by atoms with Gasteiger partial charge in [0.25, 0.3) is 0 Å². The maximum absolute atomic E-state index is 4.91. The molecule has 3 heterocycles. The Hall–Kier alpha value is -0.530. The molecule has 0 spiro atoms. The highest BCUT2D eigenvalue weighted by Crippen LogP contribution is 2.40. The van der Waals surface area contributed by atoms with Gasteiger partial charge in [0.05, 0.1) is 10.2 Å². The van der Waals surface area contributed by atoms with Crippen molar-refractivity contribution in [3.05, 3.63) is 16.4 Å². The number of hydrogen-bond donors (Lipinski definition) is 0. The van der Waals surface area contributed by atoms with Gasteiger partial charge < -0.3 is 4.90 Å². The van der Waals surface area contributed by atoms with E-state index in [0.29, 0.717) is 5.25 Å². The maximum atomic E-state index is 4.91. The van der Waals surface area contributed by atoms with Gasteiger partial charge in [-0.1, -0.05) is 25.2 Å². The zero-order chi connectivity index (χ0) is 15.7. The van der Waals surface area contributed by atoms with Crippen LogP contribution in [0.25, 0.3) is 5.13 Å². The first kappa shape index (κ1) is 16.3. The molecule has 0 atom stereocenters. The van der Waals surface area contributed by atoms with Gasteiger partial charge >= 0.3 is 0 Å². The van der Waals surface area contributed by atoms with Gasteiger partial charge in [0.15, 0.2) is 5.82 Å². The highest BCUT2D eigenvalue weighted by Gasteiger charge is 2.22. The third-order valence-corrected chi connectivity index (χ3v) is 6.62. The summed E-state index contributed by atoms with van der Waals surface area (Å²) >= 11 is 7.19. The lowest BCUT2D eigenvalue weighted by Gasteiger charge is -2.27. The summed E-state index contributed by atoms with van der Waals surface area (Å²) in [4.78, 5) is 7.36. The average Bonchev–Trinajstić information content (AvgIpc) is 3.04. The van der Waals surface area contributed by atoms with Gasteiger partial charge in [-0.25, -0.2) is 4.68 Å². The summed E-state index contributed by atoms with van der Waals surface area (Å²) in [6, 6.07) is 0. The smallest absolute Gasteiger partial charge is 0.213 e. The van der Waals surface area contributed by atoms with Crippen LogP contribution in [0.2, 0.25) is 0 Å². The lowest BCUT2D eigenvalue weighted by molar-refractivity contribution is 0.571. The Bertz CT molecular complexity index is 625. The summed E-state index contributed by atoms with van der Waals surface area (Å²) in [5.41, 5.74) is 0.993. The van der Waals surface area contributed by atoms with E-state index in [9.17, 15) is 0 Å². The first-order valence-electron chi connectivity index (χ1n) is 7.69. The molecule has 0 aromatic carbocycles. The topological polar surface area (TPSA) is 34.0 Å². The Morgan fingerprint density at radius 2 is 2.00 bits per heavy atom. The molecular formula is C15H21BrN4S2. The summed E-state index contributed by atoms with van der Waals surface area (Å²) < 4.78 is 4.23. The van der Waals surface area contributed by atoms with Crippen LogP contribution in [0.15, 0.2) is 14.9 Å². The average molecular weight is 401 g/mol. The van der Waals surface area contributed by atoms with E-state index >= 15 is 0 Å². The zero-order valence-electron chi connectivity index (χ0n) is 13.2. The Morgan fingerprint density at radius 3 is 2.59 bits per heavy atom. The second kappa shape index (κ2) is 6.93. The molecule has 0 N–H and O–H groups in total. The van der Waals surface area contributed by atoms with Crippen molar-refractivity contribution >= 4 is 44.8 Å². The molecule has 2 aromatic heterocycles. The van der Waals surface area contributed by atoms with Crippen LogP contribution >= 0.6 is 39.0 Å². The SMILES string of the molecule is Cc1nn(-c2nc(N3CCCCC3)c(SC(C)C)s2)cc1Br. The molecule has 0 bridgehead atoms. The lowest BCUT2D eigenvalue weighted by atomic mass is 10.1. The second-order valence-corrected chi connectivity index (χ2v) is 9.51. The van der Waals surface area contributed by atoms with Crippen LogP contribution in [-0.4, -0.2) is 33.1 Å². The fraction of sp³-hybridized carbons (Fsp3) is 0.600. The number of thiazole rings is 1. The molecule has 0 amide bonds. The number of halogens is 1. The van der Waals surface area contributed by atoms with Gasteiger partial charge in [0.1, 0.15) is 4.21 Å². The van der Waals surface area contributed by atoms with Crippen LogP contribution in [0, 0.1) is 6.92 Å². The van der Waals surface area contributed by atoms with Crippen LogP contribution in [0.3, 0.4) is 0 Å². The number of anilines is 1. The molecular weight excluding hydrogens is 380 g/mol. The first-order chi connectivity index (χ1) is 10.5. The number of piperidine rings is 1. The van der Waals surface area contributed by atoms with E-state index in [2.05, 4.69) is 39.8 Å². The van der Waals surface area contributed by atoms with Crippen molar-refractivity contribution < 1.29 is 0 Å². The maximum Gasteiger partial charge on any atom is 0.213 e. The molecule has 2 aromatic rings. The third-order valence-electron chi connectivity index (χ3n) is 3.60. The highest BCUT2D eigenvalue weighted by molar-refractivity contribution is 9.10. The number of aromatic nitrogens is 3. The predicted octanol–water partition coefficient (Wildman–Crippen LogP) is 4.89. The van der Waals surface area contributed by atoms with Crippen molar-refractivity contribution in [2.45, 2.75) is 49.5 Å². The molecule has 120 valence electrons. The van der Waals surface area contributed by atoms with Gasteiger partial charge in [0, 0.05) is 24.5 Å². The van der Waals surface area contributed by atoms with E-state index in [0.717, 1.165) is 34.2 Å². The molecule has 3 rings (SSSR count). The molecule has 0 radical (unpaired) electrons. The number of rotatable bonds is 4. The monoisotopic (exact) mass is 400 g/mol. The second-order valence-electron chi connectivity index (χ2n) is 5.83. The van der Waals surface area contributed by atoms with Gasteiger partial charge in [-0.05, 0) is 42.1 Å². The molecule has 22 heavy (non-hydrogen) atoms. The van der Waals surface area contributed by atoms with Crippen LogP contribution in [0.5, 0.6) is 0 Å². The fourth-order valence-electron chi connectivity index (χ4n) is 2.52. The Labute approximate surface area is 148 Å². The number of aryl methyl sites for hydroxylation is 1. The van der Waals surface area contributed by atoms with Crippen molar-refractivity contribution in [3.63, 3.8) is 0 Å². The van der Waals surface area contributed by atoms with Crippen molar-refractivity contribution in [1.29, 1.82) is 0 Å². The Kier molecular flexibility index (Phi) is 5.14. The largest absolute Gasteiger partial charge is 0.355 e. The molecule has 1 fully saturated rings. The Balaban J connectivity index is 1.96. The fourth-order valence-corrected chi connectivity index (χ4v) is 5.24. The minimum atomic E-state index is 0.558. The lowest BCUT2D eigenvalue weighted by Crippen LogP contribution is -2.30. The Morgan fingerprint density at radius 1 is 1.27 bits per heavy atom. The summed E-state index contributed by atoms with van der Waals surface area (Å²) in [5.74, 6) is 1.16. The minimum absolute atomic E-state index is 0.558. The number of nitrogens with zero attached hydrogens (tertiary/aromatic N) is 4. The molecule has 7 heteroatoms. The third kappa shape index (κ3) is 3.51. The summed E-state index contributed by atoms with van der Waals surface area (Å²) in [6.07, 6.45) is 5.87. The molecule has 0 aliphatic carbocycles. The van der Waals surface area contributed by atoms with E-state index < -0.39 is 0 Å². The van der Waals surface area contributed by atoms with Crippen LogP contribution in [0.4, 0.5) is 5.82 Å². The molecule has 0 unspecified atom stereocenters. The van der Waals surface area contributed by atoms with Crippen LogP contribution in [0.1, 0.15) is 38.8 Å². The van der Waals surface area contributed by atoms with Gasteiger partial charge in [0.2, 0.25) is 5.13 Å². The zero-order valence-corrected chi connectivity index (χ0v) is 16.4. The summed E-state index contributed by atoms with van der Waals surface area (Å²) in [6.45, 7) is 8.72. The van der Waals surface area contributed by atoms with Crippen molar-refractivity contribution in [2.24, 2.45) is 0 Å². The van der Waals surface area contributed by atoms with Crippen molar-refractivity contribution in [2.75, 3.05) is 18.0 Å². The summed E-state index contributed by atoms with van der Waals surface area (Å²) in [7, 11) is 0. The molecule has 1 aliphatic rings. The molecule has 4 nitrogen and oxygen atoms in total. The first-order valence-corrected chi connectivity index (χ1v) is 10.2. The van der Waals surface area contributed by atoms with Crippen molar-refractivity contribution in [3.8, 4) is 5.13 Å². The molecule has 0 saturated carbocycles. The normalized spacial score (nSPS) is 15.8. The van der Waals surface area contributed by atoms with E-state index in [1.165, 1.54) is 23.5 Å². The standard InChI is InChI=1S/C15H21BrN4S2/c1-10(2)21-14-13(19-7-5-4-6-8-19)17-15(22-14)20-9-12(16)11(3)18-20/h9-10H,4-8H2,1-3H3. The number of thioether (sulfide) groups is 1. The van der Waals surface area contributed by atoms with Gasteiger partial charge in [-0.2, -0.15) is 10.1 Å². The van der Waals surface area contributed by atoms with Crippen molar-refractivity contribution in [1.82, 2.24) is 14.8 Å². The van der Waals surface area contributed by atoms with Gasteiger partial charge in [-0.15, -0.1) is 11.8 Å². The van der Waals surface area contributed by atoms with E-state index in [1.54, 1.807) is 11.3 Å². The van der Waals surface area contributed by atoms with E-state index in [-0.39, 0.29) is 0 Å². The van der Waals surface area contributed by atoms with Gasteiger partial charge in [-0.3, -0.25) is 0 Å². The number of hydrogen-bond acceptors (Lipinski definition) is 5. The van der Waals surface area contributed by atoms with Crippen LogP contribution < -0.4 is 4.90 Å². The summed E-state index contributed by atoms with van der Waals surface area (Å²) in [5, 5.41) is 6.06. The predicted molar refractivity (Wildman–Crippen MR) is 98.7 cm³/mol. The molecule has 1 saturated heterocycles. The highest BCUT2D eigenvalue weighted by atomic mass is 79.9. The quantitative estimate of drug-likeness (QED) is 0.683. The van der Waals surface area contributed by atoms with E-state index in [1.807, 2.05) is 29.6 Å². The molecule has 1 aliphatic heterocycles. The minimum Gasteiger partial charge on any atom is -0.355 e. The van der Waals surface area contributed by atoms with E-state index in [4.69, 9.17) is 4.98 Å². The van der Waals surface area contributed by atoms with Crippen LogP contribution in [-0.2, 0) is 0 Å².